The van der Waals surface area contributed by atoms with E-state index in [4.69, 9.17) is 12.2 Å². The van der Waals surface area contributed by atoms with Gasteiger partial charge in [0.15, 0.2) is 5.82 Å². The lowest BCUT2D eigenvalue weighted by molar-refractivity contribution is 0.871. The Bertz CT molecular complexity index is 833. The Hall–Kier alpha value is -2.18. The molecule has 2 aromatic carbocycles. The Labute approximate surface area is 137 Å². The van der Waals surface area contributed by atoms with E-state index in [0.29, 0.717) is 10.6 Å². The third kappa shape index (κ3) is 3.18. The van der Waals surface area contributed by atoms with Crippen LogP contribution in [0.3, 0.4) is 0 Å². The summed E-state index contributed by atoms with van der Waals surface area (Å²) in [6, 6.07) is 18.0. The van der Waals surface area contributed by atoms with Crippen molar-refractivity contribution in [2.24, 2.45) is 5.10 Å². The number of thioether (sulfide) groups is 1. The summed E-state index contributed by atoms with van der Waals surface area (Å²) in [4.78, 5) is 1.22. The molecule has 110 valence electrons. The van der Waals surface area contributed by atoms with Crippen molar-refractivity contribution in [1.82, 2.24) is 14.9 Å². The first-order valence-electron chi connectivity index (χ1n) is 6.69. The van der Waals surface area contributed by atoms with E-state index >= 15 is 0 Å². The minimum Gasteiger partial charge on any atom is -0.250 e. The highest BCUT2D eigenvalue weighted by molar-refractivity contribution is 7.98. The van der Waals surface area contributed by atoms with Crippen LogP contribution in [0.1, 0.15) is 5.56 Å². The Morgan fingerprint density at radius 3 is 2.55 bits per heavy atom. The molecule has 0 aliphatic rings. The van der Waals surface area contributed by atoms with Crippen molar-refractivity contribution in [2.75, 3.05) is 6.26 Å². The fourth-order valence-electron chi connectivity index (χ4n) is 1.99. The first kappa shape index (κ1) is 14.7. The van der Waals surface area contributed by atoms with E-state index in [9.17, 15) is 0 Å². The van der Waals surface area contributed by atoms with Crippen LogP contribution in [0.4, 0.5) is 0 Å². The maximum Gasteiger partial charge on any atom is 0.216 e. The molecule has 0 atom stereocenters. The third-order valence-electron chi connectivity index (χ3n) is 3.12. The van der Waals surface area contributed by atoms with Gasteiger partial charge >= 0.3 is 0 Å². The van der Waals surface area contributed by atoms with Gasteiger partial charge in [0.05, 0.1) is 6.21 Å². The van der Waals surface area contributed by atoms with Crippen molar-refractivity contribution in [3.8, 4) is 11.4 Å². The van der Waals surface area contributed by atoms with Crippen LogP contribution in [0.25, 0.3) is 11.4 Å². The van der Waals surface area contributed by atoms with Crippen molar-refractivity contribution in [3.05, 3.63) is 64.9 Å². The van der Waals surface area contributed by atoms with Crippen molar-refractivity contribution in [2.45, 2.75) is 4.90 Å². The molecule has 22 heavy (non-hydrogen) atoms. The van der Waals surface area contributed by atoms with Gasteiger partial charge in [-0.2, -0.15) is 14.9 Å². The lowest BCUT2D eigenvalue weighted by Gasteiger charge is -2.01. The number of rotatable bonds is 4. The number of nitrogens with zero attached hydrogens (tertiary/aromatic N) is 3. The Morgan fingerprint density at radius 2 is 1.86 bits per heavy atom. The van der Waals surface area contributed by atoms with E-state index in [0.717, 1.165) is 11.1 Å². The topological polar surface area (TPSA) is 46.0 Å². The van der Waals surface area contributed by atoms with Crippen LogP contribution in [-0.2, 0) is 0 Å². The Morgan fingerprint density at radius 1 is 1.14 bits per heavy atom. The molecule has 0 fully saturated rings. The summed E-state index contributed by atoms with van der Waals surface area (Å²) < 4.78 is 2.10. The second-order valence-corrected chi connectivity index (χ2v) is 5.81. The predicted molar refractivity (Wildman–Crippen MR) is 94.1 cm³/mol. The minimum absolute atomic E-state index is 0.468. The van der Waals surface area contributed by atoms with Crippen LogP contribution in [0.15, 0.2) is 64.6 Å². The van der Waals surface area contributed by atoms with Gasteiger partial charge in [-0.1, -0.05) is 42.5 Å². The molecule has 3 aromatic rings. The molecule has 1 aromatic heterocycles. The molecule has 3 rings (SSSR count). The predicted octanol–water partition coefficient (Wildman–Crippen LogP) is 4.21. The monoisotopic (exact) mass is 326 g/mol. The third-order valence-corrected chi connectivity index (χ3v) is 4.13. The number of benzene rings is 2. The van der Waals surface area contributed by atoms with Gasteiger partial charge in [-0.3, -0.25) is 0 Å². The molecule has 0 spiro atoms. The van der Waals surface area contributed by atoms with Crippen LogP contribution in [0.2, 0.25) is 0 Å². The van der Waals surface area contributed by atoms with Gasteiger partial charge in [0.2, 0.25) is 4.77 Å². The average Bonchev–Trinajstić information content (AvgIpc) is 2.95. The van der Waals surface area contributed by atoms with E-state index in [1.807, 2.05) is 42.5 Å². The molecule has 0 radical (unpaired) electrons. The van der Waals surface area contributed by atoms with E-state index in [-0.39, 0.29) is 0 Å². The summed E-state index contributed by atoms with van der Waals surface area (Å²) >= 11 is 6.97. The van der Waals surface area contributed by atoms with Crippen LogP contribution < -0.4 is 0 Å². The van der Waals surface area contributed by atoms with Gasteiger partial charge in [0, 0.05) is 10.5 Å². The molecule has 0 bridgehead atoms. The second kappa shape index (κ2) is 6.72. The van der Waals surface area contributed by atoms with Crippen LogP contribution in [-0.4, -0.2) is 27.3 Å². The van der Waals surface area contributed by atoms with Crippen LogP contribution in [0.5, 0.6) is 0 Å². The lowest BCUT2D eigenvalue weighted by atomic mass is 10.2. The molecule has 0 aliphatic carbocycles. The molecule has 0 saturated carbocycles. The van der Waals surface area contributed by atoms with E-state index in [2.05, 4.69) is 33.7 Å². The second-order valence-electron chi connectivity index (χ2n) is 4.55. The first-order valence-corrected chi connectivity index (χ1v) is 8.32. The van der Waals surface area contributed by atoms with Gasteiger partial charge in [-0.15, -0.1) is 11.8 Å². The summed E-state index contributed by atoms with van der Waals surface area (Å²) in [6.45, 7) is 0. The fraction of sp³-hybridized carbons (Fsp3) is 0.0625. The summed E-state index contributed by atoms with van der Waals surface area (Å²) in [5.74, 6) is 0.697. The smallest absolute Gasteiger partial charge is 0.216 e. The standard InChI is InChI=1S/C16H14N4S2/c1-22-14-9-7-12(8-10-14)11-17-20-15(18-19-16(20)21)13-5-3-2-4-6-13/h2-11H,1H3,(H,19,21). The van der Waals surface area contributed by atoms with E-state index in [1.165, 1.54) is 4.90 Å². The maximum atomic E-state index is 5.26. The summed E-state index contributed by atoms with van der Waals surface area (Å²) in [5, 5.41) is 11.5. The largest absolute Gasteiger partial charge is 0.250 e. The number of aromatic nitrogens is 3. The maximum absolute atomic E-state index is 5.26. The van der Waals surface area contributed by atoms with Crippen molar-refractivity contribution < 1.29 is 0 Å². The molecular weight excluding hydrogens is 312 g/mol. The Balaban J connectivity index is 1.93. The molecule has 0 saturated heterocycles. The summed E-state index contributed by atoms with van der Waals surface area (Å²) in [7, 11) is 0. The highest BCUT2D eigenvalue weighted by Gasteiger charge is 2.06. The van der Waals surface area contributed by atoms with Crippen LogP contribution >= 0.6 is 24.0 Å². The Kier molecular flexibility index (Phi) is 4.50. The molecule has 1 heterocycles. The average molecular weight is 326 g/mol. The summed E-state index contributed by atoms with van der Waals surface area (Å²) in [5.41, 5.74) is 1.98. The normalized spacial score (nSPS) is 11.1. The minimum atomic E-state index is 0.468. The number of H-pyrrole nitrogens is 1. The van der Waals surface area contributed by atoms with Gasteiger partial charge in [-0.05, 0) is 36.2 Å². The van der Waals surface area contributed by atoms with E-state index in [1.54, 1.807) is 22.7 Å². The fourth-order valence-corrected chi connectivity index (χ4v) is 2.57. The first-order chi connectivity index (χ1) is 10.8. The highest BCUT2D eigenvalue weighted by Crippen LogP contribution is 2.17. The van der Waals surface area contributed by atoms with Crippen molar-refractivity contribution in [3.63, 3.8) is 0 Å². The highest BCUT2D eigenvalue weighted by atomic mass is 32.2. The van der Waals surface area contributed by atoms with Crippen molar-refractivity contribution in [1.29, 1.82) is 0 Å². The molecule has 0 unspecified atom stereocenters. The molecule has 0 amide bonds. The number of nitrogens with one attached hydrogen (secondary N) is 1. The van der Waals surface area contributed by atoms with Crippen LogP contribution in [0, 0.1) is 4.77 Å². The number of hydrogen-bond acceptors (Lipinski definition) is 4. The molecule has 4 nitrogen and oxygen atoms in total. The van der Waals surface area contributed by atoms with Crippen molar-refractivity contribution >= 4 is 30.2 Å². The van der Waals surface area contributed by atoms with Gasteiger partial charge < -0.3 is 0 Å². The molecule has 0 aliphatic heterocycles. The van der Waals surface area contributed by atoms with Gasteiger partial charge in [0.25, 0.3) is 0 Å². The lowest BCUT2D eigenvalue weighted by Crippen LogP contribution is -1.94. The quantitative estimate of drug-likeness (QED) is 0.444. The number of hydrogen-bond donors (Lipinski definition) is 1. The molecule has 1 N–H and O–H groups in total. The van der Waals surface area contributed by atoms with Gasteiger partial charge in [0.1, 0.15) is 0 Å². The zero-order chi connectivity index (χ0) is 15.4. The zero-order valence-electron chi connectivity index (χ0n) is 11.9. The van der Waals surface area contributed by atoms with E-state index < -0.39 is 0 Å². The number of aromatic amines is 1. The molecule has 6 heteroatoms. The summed E-state index contributed by atoms with van der Waals surface area (Å²) in [6.07, 6.45) is 3.84. The SMILES string of the molecule is CSc1ccc(C=Nn2c(-c3ccccc3)n[nH]c2=S)cc1. The zero-order valence-corrected chi connectivity index (χ0v) is 13.6. The van der Waals surface area contributed by atoms with Gasteiger partial charge in [-0.25, -0.2) is 5.10 Å². The molecular formula is C16H14N4S2.